The summed E-state index contributed by atoms with van der Waals surface area (Å²) in [6, 6.07) is 11.8. The van der Waals surface area contributed by atoms with Gasteiger partial charge in [-0.3, -0.25) is 4.98 Å². The minimum Gasteiger partial charge on any atom is -0.495 e. The quantitative estimate of drug-likeness (QED) is 0.483. The molecular formula is C23H21ClN4O3S. The zero-order valence-corrected chi connectivity index (χ0v) is 18.9. The number of methoxy groups -OCH3 is 1. The maximum atomic E-state index is 11.7. The molecule has 1 N–H and O–H groups in total. The fraction of sp³-hybridized carbons (Fsp3) is 0.217. The first-order valence-corrected chi connectivity index (χ1v) is 12.4. The molecule has 0 amide bonds. The van der Waals surface area contributed by atoms with E-state index in [1.807, 2.05) is 35.2 Å². The minimum atomic E-state index is -2.92. The van der Waals surface area contributed by atoms with Gasteiger partial charge in [-0.1, -0.05) is 11.6 Å². The number of nitrogens with zero attached hydrogens (tertiary/aromatic N) is 3. The van der Waals surface area contributed by atoms with E-state index in [2.05, 4.69) is 21.0 Å². The summed E-state index contributed by atoms with van der Waals surface area (Å²) < 4.78 is 28.6. The first-order valence-electron chi connectivity index (χ1n) is 10.2. The molecule has 4 heterocycles. The Kier molecular flexibility index (Phi) is 5.27. The van der Waals surface area contributed by atoms with Crippen LogP contribution in [0.25, 0.3) is 33.3 Å². The maximum Gasteiger partial charge on any atom is 0.153 e. The number of hydrogen-bond donors (Lipinski definition) is 1. The Labute approximate surface area is 190 Å². The number of ether oxygens (including phenoxy) is 1. The van der Waals surface area contributed by atoms with Gasteiger partial charge in [-0.05, 0) is 36.4 Å². The molecule has 0 atom stereocenters. The Bertz CT molecular complexity index is 1390. The lowest BCUT2D eigenvalue weighted by Gasteiger charge is -2.27. The van der Waals surface area contributed by atoms with Crippen molar-refractivity contribution in [3.8, 4) is 28.1 Å². The Morgan fingerprint density at radius 1 is 1.03 bits per heavy atom. The second-order valence-corrected chi connectivity index (χ2v) is 10.5. The van der Waals surface area contributed by atoms with Gasteiger partial charge in [0, 0.05) is 58.8 Å². The first-order chi connectivity index (χ1) is 15.4. The van der Waals surface area contributed by atoms with E-state index in [-0.39, 0.29) is 11.5 Å². The zero-order valence-electron chi connectivity index (χ0n) is 17.4. The largest absolute Gasteiger partial charge is 0.495 e. The van der Waals surface area contributed by atoms with Crippen LogP contribution in [0.15, 0.2) is 55.0 Å². The number of H-pyrrole nitrogens is 1. The molecule has 1 saturated heterocycles. The minimum absolute atomic E-state index is 0.171. The number of rotatable bonds is 4. The normalized spacial score (nSPS) is 15.8. The third kappa shape index (κ3) is 4.03. The van der Waals surface area contributed by atoms with Gasteiger partial charge in [0.2, 0.25) is 0 Å². The molecule has 3 aromatic heterocycles. The van der Waals surface area contributed by atoms with Crippen molar-refractivity contribution in [2.75, 3.05) is 36.6 Å². The van der Waals surface area contributed by atoms with Gasteiger partial charge in [0.15, 0.2) is 9.84 Å². The third-order valence-electron chi connectivity index (χ3n) is 5.70. The number of sulfone groups is 1. The van der Waals surface area contributed by atoms with Crippen molar-refractivity contribution in [2.24, 2.45) is 0 Å². The van der Waals surface area contributed by atoms with Crippen molar-refractivity contribution in [1.29, 1.82) is 0 Å². The monoisotopic (exact) mass is 468 g/mol. The highest BCUT2D eigenvalue weighted by Gasteiger charge is 2.22. The number of nitrogens with one attached hydrogen (secondary N) is 1. The molecule has 164 valence electrons. The Morgan fingerprint density at radius 2 is 1.84 bits per heavy atom. The van der Waals surface area contributed by atoms with Crippen LogP contribution in [0.1, 0.15) is 0 Å². The van der Waals surface area contributed by atoms with Crippen LogP contribution < -0.4 is 9.64 Å². The van der Waals surface area contributed by atoms with E-state index in [9.17, 15) is 8.42 Å². The number of anilines is 1. The molecule has 32 heavy (non-hydrogen) atoms. The second-order valence-electron chi connectivity index (χ2n) is 7.76. The molecule has 1 aliphatic rings. The molecule has 9 heteroatoms. The van der Waals surface area contributed by atoms with Gasteiger partial charge in [0.05, 0.1) is 29.8 Å². The van der Waals surface area contributed by atoms with E-state index in [0.29, 0.717) is 23.9 Å². The number of aromatic amines is 1. The highest BCUT2D eigenvalue weighted by atomic mass is 35.5. The van der Waals surface area contributed by atoms with Crippen molar-refractivity contribution >= 4 is 38.2 Å². The van der Waals surface area contributed by atoms with Crippen LogP contribution in [-0.4, -0.2) is 55.1 Å². The molecule has 0 spiro atoms. The van der Waals surface area contributed by atoms with E-state index >= 15 is 0 Å². The lowest BCUT2D eigenvalue weighted by molar-refractivity contribution is 0.413. The van der Waals surface area contributed by atoms with Crippen LogP contribution in [0, 0.1) is 0 Å². The van der Waals surface area contributed by atoms with Gasteiger partial charge in [0.1, 0.15) is 11.6 Å². The summed E-state index contributed by atoms with van der Waals surface area (Å²) in [7, 11) is -1.31. The Hall–Kier alpha value is -3.10. The summed E-state index contributed by atoms with van der Waals surface area (Å²) in [6.45, 7) is 0.947. The number of hydrogen-bond acceptors (Lipinski definition) is 6. The summed E-state index contributed by atoms with van der Waals surface area (Å²) in [5, 5.41) is 1.64. The molecule has 0 unspecified atom stereocenters. The summed E-state index contributed by atoms with van der Waals surface area (Å²) in [4.78, 5) is 14.2. The van der Waals surface area contributed by atoms with E-state index in [0.717, 1.165) is 39.1 Å². The van der Waals surface area contributed by atoms with Crippen LogP contribution in [0.2, 0.25) is 5.02 Å². The Balaban J connectivity index is 1.43. The van der Waals surface area contributed by atoms with E-state index in [1.165, 1.54) is 0 Å². The lowest BCUT2D eigenvalue weighted by Crippen LogP contribution is -2.40. The zero-order chi connectivity index (χ0) is 22.3. The van der Waals surface area contributed by atoms with Gasteiger partial charge in [-0.25, -0.2) is 13.4 Å². The predicted molar refractivity (Wildman–Crippen MR) is 127 cm³/mol. The Morgan fingerprint density at radius 3 is 2.56 bits per heavy atom. The highest BCUT2D eigenvalue weighted by Crippen LogP contribution is 2.35. The third-order valence-corrected chi connectivity index (χ3v) is 7.62. The fourth-order valence-electron chi connectivity index (χ4n) is 3.88. The second kappa shape index (κ2) is 8.11. The summed E-state index contributed by atoms with van der Waals surface area (Å²) in [5.74, 6) is 1.80. The van der Waals surface area contributed by atoms with Crippen molar-refractivity contribution in [3.05, 3.63) is 60.0 Å². The van der Waals surface area contributed by atoms with E-state index in [1.54, 1.807) is 25.7 Å². The van der Waals surface area contributed by atoms with Crippen LogP contribution in [-0.2, 0) is 9.84 Å². The van der Waals surface area contributed by atoms with Crippen molar-refractivity contribution in [3.63, 3.8) is 0 Å². The summed E-state index contributed by atoms with van der Waals surface area (Å²) in [6.07, 6.45) is 5.22. The fourth-order valence-corrected chi connectivity index (χ4v) is 5.36. The molecule has 1 aliphatic heterocycles. The van der Waals surface area contributed by atoms with Crippen LogP contribution in [0.3, 0.4) is 0 Å². The molecule has 4 aromatic rings. The number of benzene rings is 1. The lowest BCUT2D eigenvalue weighted by atomic mass is 10.1. The maximum absolute atomic E-state index is 11.7. The molecule has 0 bridgehead atoms. The molecule has 0 radical (unpaired) electrons. The number of fused-ring (bicyclic) bond motifs is 1. The highest BCUT2D eigenvalue weighted by molar-refractivity contribution is 7.91. The molecule has 5 rings (SSSR count). The topological polar surface area (TPSA) is 88.2 Å². The van der Waals surface area contributed by atoms with Gasteiger partial charge in [-0.2, -0.15) is 0 Å². The standard InChI is InChI=1S/C23H21ClN4O3S/c1-31-18-8-17(12-25-14-18)19-9-16-10-21(27-22(16)11-20(19)24)15-2-3-23(26-13-15)28-4-6-32(29,30)7-5-28/h2-3,8-14,27H,4-7H2,1H3. The molecular weight excluding hydrogens is 448 g/mol. The predicted octanol–water partition coefficient (Wildman–Crippen LogP) is 4.19. The number of halogens is 1. The van der Waals surface area contributed by atoms with Crippen molar-refractivity contribution < 1.29 is 13.2 Å². The van der Waals surface area contributed by atoms with Crippen molar-refractivity contribution in [1.82, 2.24) is 15.0 Å². The van der Waals surface area contributed by atoms with Crippen molar-refractivity contribution in [2.45, 2.75) is 0 Å². The van der Waals surface area contributed by atoms with Gasteiger partial charge < -0.3 is 14.6 Å². The van der Waals surface area contributed by atoms with Crippen LogP contribution in [0.4, 0.5) is 5.82 Å². The number of aromatic nitrogens is 3. The summed E-state index contributed by atoms with van der Waals surface area (Å²) >= 11 is 6.57. The van der Waals surface area contributed by atoms with E-state index < -0.39 is 9.84 Å². The average molecular weight is 469 g/mol. The molecule has 0 saturated carbocycles. The van der Waals surface area contributed by atoms with Crippen LogP contribution in [0.5, 0.6) is 5.75 Å². The first kappa shape index (κ1) is 20.8. The van der Waals surface area contributed by atoms with Crippen LogP contribution >= 0.6 is 11.6 Å². The summed E-state index contributed by atoms with van der Waals surface area (Å²) in [5.41, 5.74) is 4.56. The SMILES string of the molecule is COc1cncc(-c2cc3cc(-c4ccc(N5CCS(=O)(=O)CC5)nc4)[nH]c3cc2Cl)c1. The van der Waals surface area contributed by atoms with Gasteiger partial charge in [-0.15, -0.1) is 0 Å². The van der Waals surface area contributed by atoms with E-state index in [4.69, 9.17) is 16.3 Å². The average Bonchev–Trinajstić information content (AvgIpc) is 3.21. The van der Waals surface area contributed by atoms with Gasteiger partial charge >= 0.3 is 0 Å². The molecule has 1 aromatic carbocycles. The molecule has 0 aliphatic carbocycles. The number of pyridine rings is 2. The molecule has 7 nitrogen and oxygen atoms in total. The molecule has 1 fully saturated rings. The van der Waals surface area contributed by atoms with Gasteiger partial charge in [0.25, 0.3) is 0 Å². The smallest absolute Gasteiger partial charge is 0.153 e.